The number of amides is 1. The highest BCUT2D eigenvalue weighted by Gasteiger charge is 2.21. The second-order valence-electron chi connectivity index (χ2n) is 5.52. The number of carbonyl (C=O) groups is 1. The minimum atomic E-state index is -0.731. The summed E-state index contributed by atoms with van der Waals surface area (Å²) in [6.07, 6.45) is 0. The van der Waals surface area contributed by atoms with Gasteiger partial charge in [-0.3, -0.25) is 14.9 Å². The van der Waals surface area contributed by atoms with Gasteiger partial charge in [-0.05, 0) is 30.3 Å². The third-order valence-corrected chi connectivity index (χ3v) is 3.88. The lowest BCUT2D eigenvalue weighted by molar-refractivity contribution is -0.385. The van der Waals surface area contributed by atoms with E-state index in [1.807, 2.05) is 6.07 Å². The zero-order chi connectivity index (χ0) is 17.8. The Kier molecular flexibility index (Phi) is 4.90. The maximum Gasteiger partial charge on any atom is 0.282 e. The van der Waals surface area contributed by atoms with Gasteiger partial charge in [0.05, 0.1) is 18.1 Å². The highest BCUT2D eigenvalue weighted by atomic mass is 19.1. The molecule has 1 heterocycles. The number of hydrogen-bond acceptors (Lipinski definition) is 5. The van der Waals surface area contributed by atoms with E-state index in [0.29, 0.717) is 18.9 Å². The zero-order valence-electron chi connectivity index (χ0n) is 13.3. The fourth-order valence-electron chi connectivity index (χ4n) is 2.65. The van der Waals surface area contributed by atoms with E-state index in [2.05, 4.69) is 10.2 Å². The third kappa shape index (κ3) is 3.92. The summed E-state index contributed by atoms with van der Waals surface area (Å²) in [5, 5.41) is 13.6. The van der Waals surface area contributed by atoms with E-state index in [-0.39, 0.29) is 5.56 Å². The molecule has 2 aromatic carbocycles. The predicted molar refractivity (Wildman–Crippen MR) is 90.5 cm³/mol. The Hall–Kier alpha value is -3.00. The molecule has 130 valence electrons. The lowest BCUT2D eigenvalue weighted by atomic mass is 10.1. The molecule has 0 spiro atoms. The Balaban J connectivity index is 1.82. The van der Waals surface area contributed by atoms with Gasteiger partial charge in [0.15, 0.2) is 0 Å². The quantitative estimate of drug-likeness (QED) is 0.680. The van der Waals surface area contributed by atoms with Crippen molar-refractivity contribution in [2.45, 2.75) is 0 Å². The molecule has 0 unspecified atom stereocenters. The zero-order valence-corrected chi connectivity index (χ0v) is 13.3. The summed E-state index contributed by atoms with van der Waals surface area (Å²) in [6, 6.07) is 9.93. The van der Waals surface area contributed by atoms with E-state index in [9.17, 15) is 19.3 Å². The average molecular weight is 345 g/mol. The van der Waals surface area contributed by atoms with E-state index in [1.54, 1.807) is 18.2 Å². The van der Waals surface area contributed by atoms with Crippen LogP contribution in [0.15, 0.2) is 42.5 Å². The predicted octanol–water partition coefficient (Wildman–Crippen LogP) is 2.82. The monoisotopic (exact) mass is 345 g/mol. The summed E-state index contributed by atoms with van der Waals surface area (Å²) in [7, 11) is 0. The summed E-state index contributed by atoms with van der Waals surface area (Å²) in [5.41, 5.74) is 0.632. The van der Waals surface area contributed by atoms with Crippen LogP contribution in [-0.4, -0.2) is 37.1 Å². The van der Waals surface area contributed by atoms with E-state index in [1.165, 1.54) is 0 Å². The minimum Gasteiger partial charge on any atom is -0.378 e. The largest absolute Gasteiger partial charge is 0.378 e. The summed E-state index contributed by atoms with van der Waals surface area (Å²) < 4.78 is 18.7. The molecule has 8 heteroatoms. The number of rotatable bonds is 4. The topological polar surface area (TPSA) is 84.7 Å². The standard InChI is InChI=1S/C17H16FN3O4/c18-12-4-5-16(21(23)24)15(10-12)17(22)19-13-2-1-3-14(11-13)20-6-8-25-9-7-20/h1-5,10-11H,6-9H2,(H,19,22). The van der Waals surface area contributed by atoms with Crippen LogP contribution in [0.3, 0.4) is 0 Å². The van der Waals surface area contributed by atoms with Crippen LogP contribution in [0.1, 0.15) is 10.4 Å². The molecule has 2 aromatic rings. The van der Waals surface area contributed by atoms with Gasteiger partial charge in [-0.2, -0.15) is 0 Å². The normalized spacial score (nSPS) is 14.2. The lowest BCUT2D eigenvalue weighted by Gasteiger charge is -2.29. The SMILES string of the molecule is O=C(Nc1cccc(N2CCOCC2)c1)c1cc(F)ccc1[N+](=O)[O-]. The molecule has 1 N–H and O–H groups in total. The number of benzene rings is 2. The number of hydrogen-bond donors (Lipinski definition) is 1. The molecular weight excluding hydrogens is 329 g/mol. The van der Waals surface area contributed by atoms with Crippen molar-refractivity contribution in [3.8, 4) is 0 Å². The van der Waals surface area contributed by atoms with E-state index < -0.39 is 22.3 Å². The van der Waals surface area contributed by atoms with Gasteiger partial charge in [-0.15, -0.1) is 0 Å². The fraction of sp³-hybridized carbons (Fsp3) is 0.235. The Bertz CT molecular complexity index is 806. The summed E-state index contributed by atoms with van der Waals surface area (Å²) in [6.45, 7) is 2.75. The van der Waals surface area contributed by atoms with Crippen molar-refractivity contribution in [1.82, 2.24) is 0 Å². The minimum absolute atomic E-state index is 0.318. The molecule has 1 amide bonds. The summed E-state index contributed by atoms with van der Waals surface area (Å²) in [5.74, 6) is -1.44. The molecule has 1 saturated heterocycles. The van der Waals surface area contributed by atoms with Gasteiger partial charge < -0.3 is 15.0 Å². The molecule has 1 fully saturated rings. The average Bonchev–Trinajstić information content (AvgIpc) is 2.62. The lowest BCUT2D eigenvalue weighted by Crippen LogP contribution is -2.36. The number of nitrogens with one attached hydrogen (secondary N) is 1. The van der Waals surface area contributed by atoms with Gasteiger partial charge in [0, 0.05) is 30.5 Å². The Morgan fingerprint density at radius 2 is 1.96 bits per heavy atom. The van der Waals surface area contributed by atoms with Crippen LogP contribution < -0.4 is 10.2 Å². The molecule has 25 heavy (non-hydrogen) atoms. The van der Waals surface area contributed by atoms with Crippen molar-refractivity contribution < 1.29 is 18.8 Å². The number of nitro groups is 1. The number of anilines is 2. The molecule has 0 bridgehead atoms. The van der Waals surface area contributed by atoms with Crippen LogP contribution in [0, 0.1) is 15.9 Å². The van der Waals surface area contributed by atoms with Gasteiger partial charge in [-0.25, -0.2) is 4.39 Å². The van der Waals surface area contributed by atoms with Crippen molar-refractivity contribution in [3.63, 3.8) is 0 Å². The highest BCUT2D eigenvalue weighted by molar-refractivity contribution is 6.07. The number of nitrogens with zero attached hydrogens (tertiary/aromatic N) is 2. The number of ether oxygens (including phenoxy) is 1. The van der Waals surface area contributed by atoms with Gasteiger partial charge in [0.1, 0.15) is 11.4 Å². The van der Waals surface area contributed by atoms with Crippen LogP contribution in [-0.2, 0) is 4.74 Å². The van der Waals surface area contributed by atoms with Crippen molar-refractivity contribution in [2.75, 3.05) is 36.5 Å². The van der Waals surface area contributed by atoms with Gasteiger partial charge in [0.2, 0.25) is 0 Å². The first-order valence-electron chi connectivity index (χ1n) is 7.72. The Morgan fingerprint density at radius 1 is 1.20 bits per heavy atom. The number of morpholine rings is 1. The maximum absolute atomic E-state index is 13.4. The maximum atomic E-state index is 13.4. The van der Waals surface area contributed by atoms with Crippen LogP contribution in [0.5, 0.6) is 0 Å². The van der Waals surface area contributed by atoms with Gasteiger partial charge >= 0.3 is 0 Å². The summed E-state index contributed by atoms with van der Waals surface area (Å²) >= 11 is 0. The molecular formula is C17H16FN3O4. The van der Waals surface area contributed by atoms with Crippen molar-refractivity contribution in [2.24, 2.45) is 0 Å². The molecule has 0 atom stereocenters. The number of carbonyl (C=O) groups excluding carboxylic acids is 1. The second kappa shape index (κ2) is 7.27. The molecule has 0 radical (unpaired) electrons. The van der Waals surface area contributed by atoms with Crippen LogP contribution in [0.2, 0.25) is 0 Å². The van der Waals surface area contributed by atoms with Crippen molar-refractivity contribution in [3.05, 3.63) is 64.0 Å². The molecule has 7 nitrogen and oxygen atoms in total. The molecule has 0 saturated carbocycles. The van der Waals surface area contributed by atoms with Gasteiger partial charge in [-0.1, -0.05) is 6.07 Å². The van der Waals surface area contributed by atoms with Gasteiger partial charge in [0.25, 0.3) is 11.6 Å². The summed E-state index contributed by atoms with van der Waals surface area (Å²) in [4.78, 5) is 24.8. The molecule has 1 aliphatic rings. The van der Waals surface area contributed by atoms with Crippen LogP contribution in [0.4, 0.5) is 21.5 Å². The number of halogens is 1. The van der Waals surface area contributed by atoms with E-state index in [4.69, 9.17) is 4.74 Å². The Morgan fingerprint density at radius 3 is 2.68 bits per heavy atom. The number of nitro benzene ring substituents is 1. The molecule has 1 aliphatic heterocycles. The first kappa shape index (κ1) is 16.8. The fourth-order valence-corrected chi connectivity index (χ4v) is 2.65. The highest BCUT2D eigenvalue weighted by Crippen LogP contribution is 2.24. The first-order valence-corrected chi connectivity index (χ1v) is 7.72. The van der Waals surface area contributed by atoms with E-state index in [0.717, 1.165) is 37.0 Å². The molecule has 0 aliphatic carbocycles. The van der Waals surface area contributed by atoms with Crippen LogP contribution in [0.25, 0.3) is 0 Å². The van der Waals surface area contributed by atoms with Crippen molar-refractivity contribution >= 4 is 23.0 Å². The smallest absolute Gasteiger partial charge is 0.282 e. The second-order valence-corrected chi connectivity index (χ2v) is 5.52. The Labute approximate surface area is 143 Å². The molecule has 3 rings (SSSR count). The third-order valence-electron chi connectivity index (χ3n) is 3.88. The van der Waals surface area contributed by atoms with Crippen LogP contribution >= 0.6 is 0 Å². The first-order chi connectivity index (χ1) is 12.0. The van der Waals surface area contributed by atoms with E-state index >= 15 is 0 Å². The molecule has 0 aromatic heterocycles. The van der Waals surface area contributed by atoms with Crippen molar-refractivity contribution in [1.29, 1.82) is 0 Å².